The molecule has 4 nitrogen and oxygen atoms in total. The van der Waals surface area contributed by atoms with Gasteiger partial charge in [-0.3, -0.25) is 0 Å². The van der Waals surface area contributed by atoms with Crippen LogP contribution in [0.2, 0.25) is 5.02 Å². The molecular formula is C12H17ClO4. The Balaban J connectivity index is 2.98. The van der Waals surface area contributed by atoms with Gasteiger partial charge in [0.15, 0.2) is 11.5 Å². The number of aliphatic hydroxyl groups is 1. The Hall–Kier alpha value is -0.970. The monoisotopic (exact) mass is 260 g/mol. The Labute approximate surface area is 106 Å². The molecule has 0 aliphatic carbocycles. The fourth-order valence-electron chi connectivity index (χ4n) is 1.46. The van der Waals surface area contributed by atoms with Crippen molar-refractivity contribution in [2.45, 2.75) is 13.0 Å². The zero-order valence-corrected chi connectivity index (χ0v) is 11.0. The van der Waals surface area contributed by atoms with Crippen molar-refractivity contribution in [1.82, 2.24) is 0 Å². The summed E-state index contributed by atoms with van der Waals surface area (Å²) < 4.78 is 15.4. The maximum Gasteiger partial charge on any atom is 0.179 e. The molecule has 0 amide bonds. The largest absolute Gasteiger partial charge is 0.493 e. The van der Waals surface area contributed by atoms with E-state index < -0.39 is 6.10 Å². The summed E-state index contributed by atoms with van der Waals surface area (Å²) in [5.41, 5.74) is 0.640. The minimum Gasteiger partial charge on any atom is -0.493 e. The number of halogens is 1. The average molecular weight is 261 g/mol. The van der Waals surface area contributed by atoms with Gasteiger partial charge in [-0.2, -0.15) is 0 Å². The van der Waals surface area contributed by atoms with Gasteiger partial charge >= 0.3 is 0 Å². The molecule has 1 rings (SSSR count). The van der Waals surface area contributed by atoms with Crippen molar-refractivity contribution >= 4 is 11.6 Å². The summed E-state index contributed by atoms with van der Waals surface area (Å²) in [6.45, 7) is 2.65. The van der Waals surface area contributed by atoms with Crippen LogP contribution in [0.1, 0.15) is 18.6 Å². The topological polar surface area (TPSA) is 47.9 Å². The first kappa shape index (κ1) is 14.1. The van der Waals surface area contributed by atoms with E-state index >= 15 is 0 Å². The Morgan fingerprint density at radius 1 is 1.29 bits per heavy atom. The lowest BCUT2D eigenvalue weighted by Crippen LogP contribution is -2.07. The maximum absolute atomic E-state index is 9.88. The van der Waals surface area contributed by atoms with Crippen molar-refractivity contribution in [3.05, 3.63) is 22.7 Å². The second kappa shape index (κ2) is 6.69. The molecule has 0 fully saturated rings. The van der Waals surface area contributed by atoms with Crippen LogP contribution in [0.3, 0.4) is 0 Å². The van der Waals surface area contributed by atoms with Crippen LogP contribution in [-0.4, -0.2) is 32.5 Å². The molecule has 1 N–H and O–H groups in total. The highest BCUT2D eigenvalue weighted by molar-refractivity contribution is 6.32. The highest BCUT2D eigenvalue weighted by Crippen LogP contribution is 2.37. The van der Waals surface area contributed by atoms with Gasteiger partial charge in [0.2, 0.25) is 0 Å². The second-order valence-electron chi connectivity index (χ2n) is 3.41. The molecule has 0 saturated carbocycles. The quantitative estimate of drug-likeness (QED) is 0.853. The van der Waals surface area contributed by atoms with E-state index in [9.17, 15) is 5.11 Å². The first-order valence-corrected chi connectivity index (χ1v) is 5.69. The van der Waals surface area contributed by atoms with Gasteiger partial charge in [-0.15, -0.1) is 0 Å². The number of aliphatic hydroxyl groups excluding tert-OH is 1. The minimum absolute atomic E-state index is 0.225. The molecule has 0 aromatic heterocycles. The Morgan fingerprint density at radius 2 is 2.00 bits per heavy atom. The molecule has 0 heterocycles. The molecule has 0 radical (unpaired) electrons. The zero-order valence-electron chi connectivity index (χ0n) is 10.2. The third-order valence-corrected chi connectivity index (χ3v) is 2.60. The summed E-state index contributed by atoms with van der Waals surface area (Å²) in [7, 11) is 3.03. The molecule has 1 unspecified atom stereocenters. The number of hydrogen-bond acceptors (Lipinski definition) is 4. The van der Waals surface area contributed by atoms with Gasteiger partial charge in [0.05, 0.1) is 25.8 Å². The van der Waals surface area contributed by atoms with Crippen LogP contribution in [0.4, 0.5) is 0 Å². The molecule has 0 bridgehead atoms. The van der Waals surface area contributed by atoms with Gasteiger partial charge in [0, 0.05) is 6.61 Å². The fraction of sp³-hybridized carbons (Fsp3) is 0.500. The molecule has 1 aromatic rings. The van der Waals surface area contributed by atoms with Crippen LogP contribution in [0.5, 0.6) is 11.5 Å². The van der Waals surface area contributed by atoms with E-state index in [-0.39, 0.29) is 6.61 Å². The molecule has 96 valence electrons. The smallest absolute Gasteiger partial charge is 0.179 e. The lowest BCUT2D eigenvalue weighted by Gasteiger charge is -2.15. The summed E-state index contributed by atoms with van der Waals surface area (Å²) >= 11 is 6.03. The van der Waals surface area contributed by atoms with Crippen LogP contribution in [0.25, 0.3) is 0 Å². The Morgan fingerprint density at radius 3 is 2.53 bits per heavy atom. The molecule has 0 spiro atoms. The SMILES string of the molecule is CCOCC(O)c1cc(Cl)c(OC)c(OC)c1. The summed E-state index contributed by atoms with van der Waals surface area (Å²) in [6.07, 6.45) is -0.729. The van der Waals surface area contributed by atoms with Crippen LogP contribution < -0.4 is 9.47 Å². The van der Waals surface area contributed by atoms with Gasteiger partial charge in [-0.25, -0.2) is 0 Å². The molecule has 0 saturated heterocycles. The molecule has 0 aliphatic rings. The normalized spacial score (nSPS) is 12.3. The van der Waals surface area contributed by atoms with Crippen molar-refractivity contribution in [3.63, 3.8) is 0 Å². The molecule has 17 heavy (non-hydrogen) atoms. The van der Waals surface area contributed by atoms with E-state index in [1.807, 2.05) is 6.92 Å². The van der Waals surface area contributed by atoms with Gasteiger partial charge in [-0.1, -0.05) is 11.6 Å². The maximum atomic E-state index is 9.88. The summed E-state index contributed by atoms with van der Waals surface area (Å²) in [6, 6.07) is 3.33. The summed E-state index contributed by atoms with van der Waals surface area (Å²) in [4.78, 5) is 0. The number of rotatable bonds is 6. The lowest BCUT2D eigenvalue weighted by molar-refractivity contribution is 0.0419. The Bertz CT molecular complexity index is 368. The van der Waals surface area contributed by atoms with Crippen LogP contribution in [-0.2, 0) is 4.74 Å². The third kappa shape index (κ3) is 3.49. The minimum atomic E-state index is -0.729. The predicted molar refractivity (Wildman–Crippen MR) is 66.0 cm³/mol. The Kier molecular flexibility index (Phi) is 5.55. The molecule has 1 atom stereocenters. The molecule has 5 heteroatoms. The fourth-order valence-corrected chi connectivity index (χ4v) is 1.75. The van der Waals surface area contributed by atoms with E-state index in [0.717, 1.165) is 0 Å². The zero-order chi connectivity index (χ0) is 12.8. The van der Waals surface area contributed by atoms with Crippen molar-refractivity contribution in [3.8, 4) is 11.5 Å². The number of hydrogen-bond donors (Lipinski definition) is 1. The van der Waals surface area contributed by atoms with Crippen molar-refractivity contribution < 1.29 is 19.3 Å². The van der Waals surface area contributed by atoms with E-state index in [4.69, 9.17) is 25.8 Å². The summed E-state index contributed by atoms with van der Waals surface area (Å²) in [5, 5.41) is 10.3. The van der Waals surface area contributed by atoms with Gasteiger partial charge in [0.25, 0.3) is 0 Å². The van der Waals surface area contributed by atoms with Crippen LogP contribution in [0.15, 0.2) is 12.1 Å². The standard InChI is InChI=1S/C12H17ClO4/c1-4-17-7-10(14)8-5-9(13)12(16-3)11(6-8)15-2/h5-6,10,14H,4,7H2,1-3H3. The van der Waals surface area contributed by atoms with Crippen LogP contribution >= 0.6 is 11.6 Å². The number of ether oxygens (including phenoxy) is 3. The van der Waals surface area contributed by atoms with E-state index in [2.05, 4.69) is 0 Å². The highest BCUT2D eigenvalue weighted by Gasteiger charge is 2.15. The van der Waals surface area contributed by atoms with Gasteiger partial charge < -0.3 is 19.3 Å². The van der Waals surface area contributed by atoms with Gasteiger partial charge in [-0.05, 0) is 24.6 Å². The molecule has 1 aromatic carbocycles. The van der Waals surface area contributed by atoms with Crippen molar-refractivity contribution in [2.24, 2.45) is 0 Å². The average Bonchev–Trinajstić information content (AvgIpc) is 2.34. The summed E-state index contributed by atoms with van der Waals surface area (Å²) in [5.74, 6) is 0.951. The number of benzene rings is 1. The first-order valence-electron chi connectivity index (χ1n) is 5.31. The third-order valence-electron chi connectivity index (χ3n) is 2.32. The lowest BCUT2D eigenvalue weighted by atomic mass is 10.1. The van der Waals surface area contributed by atoms with E-state index in [1.165, 1.54) is 14.2 Å². The van der Waals surface area contributed by atoms with E-state index in [0.29, 0.717) is 28.7 Å². The highest BCUT2D eigenvalue weighted by atomic mass is 35.5. The molecule has 0 aliphatic heterocycles. The van der Waals surface area contributed by atoms with Crippen molar-refractivity contribution in [2.75, 3.05) is 27.4 Å². The van der Waals surface area contributed by atoms with E-state index in [1.54, 1.807) is 12.1 Å². The predicted octanol–water partition coefficient (Wildman–Crippen LogP) is 2.43. The van der Waals surface area contributed by atoms with Crippen molar-refractivity contribution in [1.29, 1.82) is 0 Å². The molecular weight excluding hydrogens is 244 g/mol. The first-order chi connectivity index (χ1) is 8.13. The van der Waals surface area contributed by atoms with Crippen LogP contribution in [0, 0.1) is 0 Å². The second-order valence-corrected chi connectivity index (χ2v) is 3.82. The number of methoxy groups -OCH3 is 2. The van der Waals surface area contributed by atoms with Gasteiger partial charge in [0.1, 0.15) is 6.10 Å².